The van der Waals surface area contributed by atoms with Crippen molar-refractivity contribution >= 4 is 5.91 Å². The Morgan fingerprint density at radius 3 is 2.21 bits per heavy atom. The second-order valence-corrected chi connectivity index (χ2v) is 7.74. The fourth-order valence-electron chi connectivity index (χ4n) is 3.77. The molecular formula is C24H28N4O. The Morgan fingerprint density at radius 2 is 1.52 bits per heavy atom. The summed E-state index contributed by atoms with van der Waals surface area (Å²) in [6.45, 7) is 4.69. The molecule has 0 radical (unpaired) electrons. The fourth-order valence-corrected chi connectivity index (χ4v) is 3.77. The molecule has 1 fully saturated rings. The van der Waals surface area contributed by atoms with Crippen molar-refractivity contribution in [1.82, 2.24) is 20.0 Å². The van der Waals surface area contributed by atoms with Gasteiger partial charge in [-0.05, 0) is 60.8 Å². The van der Waals surface area contributed by atoms with E-state index in [4.69, 9.17) is 0 Å². The van der Waals surface area contributed by atoms with Crippen molar-refractivity contribution in [3.63, 3.8) is 0 Å². The van der Waals surface area contributed by atoms with Crippen molar-refractivity contribution in [3.8, 4) is 0 Å². The average molecular weight is 389 g/mol. The first-order valence-corrected chi connectivity index (χ1v) is 10.4. The molecule has 150 valence electrons. The van der Waals surface area contributed by atoms with Crippen LogP contribution in [0, 0.1) is 0 Å². The van der Waals surface area contributed by atoms with Crippen LogP contribution >= 0.6 is 0 Å². The van der Waals surface area contributed by atoms with Gasteiger partial charge in [-0.15, -0.1) is 0 Å². The number of carbonyl (C=O) groups excluding carboxylic acids is 1. The van der Waals surface area contributed by atoms with Crippen molar-refractivity contribution in [2.75, 3.05) is 13.1 Å². The van der Waals surface area contributed by atoms with Crippen molar-refractivity contribution < 1.29 is 4.79 Å². The second-order valence-electron chi connectivity index (χ2n) is 7.74. The van der Waals surface area contributed by atoms with E-state index in [9.17, 15) is 4.79 Å². The summed E-state index contributed by atoms with van der Waals surface area (Å²) in [5.41, 5.74) is 4.26. The van der Waals surface area contributed by atoms with Gasteiger partial charge in [0.2, 0.25) is 0 Å². The van der Waals surface area contributed by atoms with E-state index < -0.39 is 0 Å². The number of piperidine rings is 1. The van der Waals surface area contributed by atoms with Gasteiger partial charge in [0, 0.05) is 31.0 Å². The molecule has 0 aliphatic carbocycles. The number of nitrogens with zero attached hydrogens (tertiary/aromatic N) is 3. The molecule has 29 heavy (non-hydrogen) atoms. The lowest BCUT2D eigenvalue weighted by Crippen LogP contribution is -2.29. The number of benzene rings is 2. The zero-order chi connectivity index (χ0) is 19.9. The zero-order valence-electron chi connectivity index (χ0n) is 16.8. The maximum atomic E-state index is 12.4. The topological polar surface area (TPSA) is 50.2 Å². The molecular weight excluding hydrogens is 360 g/mol. The Hall–Kier alpha value is -2.92. The van der Waals surface area contributed by atoms with Crippen LogP contribution in [0.5, 0.6) is 0 Å². The van der Waals surface area contributed by atoms with Crippen molar-refractivity contribution in [2.45, 2.75) is 38.9 Å². The zero-order valence-corrected chi connectivity index (χ0v) is 16.8. The van der Waals surface area contributed by atoms with Crippen LogP contribution in [-0.4, -0.2) is 33.7 Å². The van der Waals surface area contributed by atoms with Crippen LogP contribution in [0.2, 0.25) is 0 Å². The predicted octanol–water partition coefficient (Wildman–Crippen LogP) is 3.85. The molecule has 1 N–H and O–H groups in total. The summed E-state index contributed by atoms with van der Waals surface area (Å²) in [6, 6.07) is 18.2. The standard InChI is InChI=1S/C24H28N4O/c29-24(23-11-9-22(10-12-23)19-28-16-4-13-26-28)25-17-20-5-7-21(8-6-20)18-27-14-2-1-3-15-27/h4-13,16H,1-3,14-15,17-19H2,(H,25,29). The van der Waals surface area contributed by atoms with Gasteiger partial charge < -0.3 is 5.32 Å². The highest BCUT2D eigenvalue weighted by Crippen LogP contribution is 2.14. The van der Waals surface area contributed by atoms with Crippen LogP contribution in [0.25, 0.3) is 0 Å². The van der Waals surface area contributed by atoms with Crippen LogP contribution in [0.4, 0.5) is 0 Å². The van der Waals surface area contributed by atoms with E-state index in [1.54, 1.807) is 6.20 Å². The van der Waals surface area contributed by atoms with Gasteiger partial charge in [-0.25, -0.2) is 0 Å². The molecule has 0 saturated carbocycles. The molecule has 4 rings (SSSR count). The lowest BCUT2D eigenvalue weighted by molar-refractivity contribution is 0.0951. The SMILES string of the molecule is O=C(NCc1ccc(CN2CCCCC2)cc1)c1ccc(Cn2cccn2)cc1. The van der Waals surface area contributed by atoms with Crippen molar-refractivity contribution in [2.24, 2.45) is 0 Å². The van der Waals surface area contributed by atoms with Crippen molar-refractivity contribution in [1.29, 1.82) is 0 Å². The molecule has 0 bridgehead atoms. The molecule has 0 atom stereocenters. The first-order chi connectivity index (χ1) is 14.3. The smallest absolute Gasteiger partial charge is 0.251 e. The Kier molecular flexibility index (Phi) is 6.37. The number of likely N-dealkylation sites (tertiary alicyclic amines) is 1. The lowest BCUT2D eigenvalue weighted by atomic mass is 10.1. The Morgan fingerprint density at radius 1 is 0.862 bits per heavy atom. The third-order valence-corrected chi connectivity index (χ3v) is 5.45. The number of aromatic nitrogens is 2. The highest BCUT2D eigenvalue weighted by atomic mass is 16.1. The minimum absolute atomic E-state index is 0.0481. The number of hydrogen-bond acceptors (Lipinski definition) is 3. The molecule has 2 heterocycles. The summed E-state index contributed by atoms with van der Waals surface area (Å²) in [5, 5.41) is 7.22. The Labute approximate surface area is 172 Å². The van der Waals surface area contributed by atoms with E-state index in [1.807, 2.05) is 41.2 Å². The highest BCUT2D eigenvalue weighted by molar-refractivity contribution is 5.94. The van der Waals surface area contributed by atoms with E-state index in [0.29, 0.717) is 18.7 Å². The Balaban J connectivity index is 1.26. The summed E-state index contributed by atoms with van der Waals surface area (Å²) in [4.78, 5) is 15.0. The third kappa shape index (κ3) is 5.55. The van der Waals surface area contributed by atoms with Gasteiger partial charge in [-0.2, -0.15) is 5.10 Å². The molecule has 1 aliphatic heterocycles. The molecule has 1 aromatic heterocycles. The minimum Gasteiger partial charge on any atom is -0.348 e. The fraction of sp³-hybridized carbons (Fsp3) is 0.333. The molecule has 0 unspecified atom stereocenters. The Bertz CT molecular complexity index is 895. The first kappa shape index (κ1) is 19.4. The van der Waals surface area contributed by atoms with Crippen molar-refractivity contribution in [3.05, 3.63) is 89.2 Å². The number of nitrogens with one attached hydrogen (secondary N) is 1. The molecule has 5 nitrogen and oxygen atoms in total. The maximum Gasteiger partial charge on any atom is 0.251 e. The summed E-state index contributed by atoms with van der Waals surface area (Å²) in [6.07, 6.45) is 7.69. The highest BCUT2D eigenvalue weighted by Gasteiger charge is 2.10. The normalized spacial score (nSPS) is 14.6. The van der Waals surface area contributed by atoms with Crippen LogP contribution in [0.3, 0.4) is 0 Å². The number of carbonyl (C=O) groups is 1. The largest absolute Gasteiger partial charge is 0.348 e. The van der Waals surface area contributed by atoms with E-state index >= 15 is 0 Å². The van der Waals surface area contributed by atoms with Gasteiger partial charge in [0.25, 0.3) is 5.91 Å². The van der Waals surface area contributed by atoms with Crippen LogP contribution in [0.15, 0.2) is 67.0 Å². The van der Waals surface area contributed by atoms with Gasteiger partial charge in [-0.3, -0.25) is 14.4 Å². The van der Waals surface area contributed by atoms with Gasteiger partial charge in [-0.1, -0.05) is 42.8 Å². The van der Waals surface area contributed by atoms with E-state index in [1.165, 1.54) is 37.9 Å². The van der Waals surface area contributed by atoms with Crippen LogP contribution in [0.1, 0.15) is 46.3 Å². The average Bonchev–Trinajstić information content (AvgIpc) is 3.27. The lowest BCUT2D eigenvalue weighted by Gasteiger charge is -2.26. The number of amides is 1. The van der Waals surface area contributed by atoms with Gasteiger partial charge in [0.1, 0.15) is 0 Å². The molecule has 3 aromatic rings. The summed E-state index contributed by atoms with van der Waals surface area (Å²) >= 11 is 0. The summed E-state index contributed by atoms with van der Waals surface area (Å²) in [7, 11) is 0. The first-order valence-electron chi connectivity index (χ1n) is 10.4. The third-order valence-electron chi connectivity index (χ3n) is 5.45. The van der Waals surface area contributed by atoms with Gasteiger partial charge >= 0.3 is 0 Å². The monoisotopic (exact) mass is 388 g/mol. The van der Waals surface area contributed by atoms with E-state index in [-0.39, 0.29) is 5.91 Å². The van der Waals surface area contributed by atoms with E-state index in [2.05, 4.69) is 39.6 Å². The molecule has 0 spiro atoms. The van der Waals surface area contributed by atoms with Crippen LogP contribution in [-0.2, 0) is 19.6 Å². The summed E-state index contributed by atoms with van der Waals surface area (Å²) < 4.78 is 1.87. The molecule has 2 aromatic carbocycles. The molecule has 1 aliphatic rings. The van der Waals surface area contributed by atoms with Gasteiger partial charge in [0.15, 0.2) is 0 Å². The predicted molar refractivity (Wildman–Crippen MR) is 115 cm³/mol. The number of rotatable bonds is 7. The molecule has 1 amide bonds. The van der Waals surface area contributed by atoms with Gasteiger partial charge in [0.05, 0.1) is 6.54 Å². The van der Waals surface area contributed by atoms with E-state index in [0.717, 1.165) is 17.7 Å². The summed E-state index contributed by atoms with van der Waals surface area (Å²) in [5.74, 6) is -0.0481. The quantitative estimate of drug-likeness (QED) is 0.669. The molecule has 1 saturated heterocycles. The van der Waals surface area contributed by atoms with Crippen LogP contribution < -0.4 is 5.32 Å². The number of hydrogen-bond donors (Lipinski definition) is 1. The molecule has 5 heteroatoms. The second kappa shape index (κ2) is 9.52. The minimum atomic E-state index is -0.0481. The maximum absolute atomic E-state index is 12.4.